The van der Waals surface area contributed by atoms with Crippen molar-refractivity contribution in [1.82, 2.24) is 15.5 Å². The van der Waals surface area contributed by atoms with Gasteiger partial charge in [-0.3, -0.25) is 9.59 Å². The number of halogens is 3. The van der Waals surface area contributed by atoms with E-state index in [1.807, 2.05) is 67.6 Å². The third-order valence-corrected chi connectivity index (χ3v) is 7.94. The zero-order chi connectivity index (χ0) is 34.0. The van der Waals surface area contributed by atoms with E-state index in [1.54, 1.807) is 42.2 Å². The number of benzene rings is 4. The van der Waals surface area contributed by atoms with E-state index in [2.05, 4.69) is 17.2 Å². The van der Waals surface area contributed by atoms with Crippen LogP contribution in [0.15, 0.2) is 116 Å². The zero-order valence-electron chi connectivity index (χ0n) is 26.5. The summed E-state index contributed by atoms with van der Waals surface area (Å²) in [5, 5.41) is 17.2. The van der Waals surface area contributed by atoms with Gasteiger partial charge in [0.05, 0.1) is 23.8 Å². The predicted molar refractivity (Wildman–Crippen MR) is 178 cm³/mol. The van der Waals surface area contributed by atoms with Gasteiger partial charge in [-0.1, -0.05) is 84.9 Å². The van der Waals surface area contributed by atoms with Crippen LogP contribution in [0.5, 0.6) is 0 Å². The van der Waals surface area contributed by atoms with Gasteiger partial charge in [0.15, 0.2) is 0 Å². The first kappa shape index (κ1) is 35.1. The number of hydrogen-bond donors (Lipinski definition) is 3. The van der Waals surface area contributed by atoms with Crippen molar-refractivity contribution in [1.29, 1.82) is 0 Å². The number of aryl methyl sites for hydroxylation is 1. The van der Waals surface area contributed by atoms with Crippen molar-refractivity contribution < 1.29 is 27.9 Å². The second kappa shape index (κ2) is 16.2. The lowest BCUT2D eigenvalue weighted by Crippen LogP contribution is -2.48. The maximum Gasteiger partial charge on any atom is 0.416 e. The van der Waals surface area contributed by atoms with E-state index in [1.165, 1.54) is 6.07 Å². The van der Waals surface area contributed by atoms with Gasteiger partial charge in [0.2, 0.25) is 0 Å². The first-order chi connectivity index (χ1) is 22.5. The Morgan fingerprint density at radius 2 is 1.53 bits per heavy atom. The van der Waals surface area contributed by atoms with Gasteiger partial charge in [0, 0.05) is 30.8 Å². The summed E-state index contributed by atoms with van der Waals surface area (Å²) in [7, 11) is 0. The summed E-state index contributed by atoms with van der Waals surface area (Å²) in [6, 6.07) is 28.0. The molecule has 2 amide bonds. The Bertz CT molecular complexity index is 1640. The van der Waals surface area contributed by atoms with Gasteiger partial charge in [0.1, 0.15) is 0 Å². The Morgan fingerprint density at radius 1 is 0.894 bits per heavy atom. The number of alkyl halides is 3. The highest BCUT2D eigenvalue weighted by atomic mass is 19.4. The number of carbonyl (C=O) groups excluding carboxylic acids is 2. The van der Waals surface area contributed by atoms with E-state index in [-0.39, 0.29) is 30.6 Å². The Balaban J connectivity index is 1.51. The summed E-state index contributed by atoms with van der Waals surface area (Å²) >= 11 is 0. The first-order valence-electron chi connectivity index (χ1n) is 15.4. The smallest absolute Gasteiger partial charge is 0.390 e. The van der Waals surface area contributed by atoms with Crippen LogP contribution in [-0.2, 0) is 19.1 Å². The molecule has 0 saturated heterocycles. The monoisotopic (exact) mass is 643 g/mol. The minimum absolute atomic E-state index is 0.0134. The zero-order valence-corrected chi connectivity index (χ0v) is 26.5. The maximum atomic E-state index is 13.8. The lowest BCUT2D eigenvalue weighted by molar-refractivity contribution is -0.137. The SMILES string of the molecule is C=CCN(C(=O)c1cc(C)cc(C(=O)N[C@@H](Cc2ccccc2)[C@H](O)CNCc2cccc(C(F)(F)F)c2)c1)[C@H](C)c1ccccc1. The summed E-state index contributed by atoms with van der Waals surface area (Å²) in [4.78, 5) is 29.2. The largest absolute Gasteiger partial charge is 0.416 e. The van der Waals surface area contributed by atoms with Crippen molar-refractivity contribution >= 4 is 11.8 Å². The quantitative estimate of drug-likeness (QED) is 0.131. The van der Waals surface area contributed by atoms with Gasteiger partial charge in [-0.25, -0.2) is 0 Å². The molecule has 6 nitrogen and oxygen atoms in total. The molecule has 246 valence electrons. The number of nitrogens with one attached hydrogen (secondary N) is 2. The maximum absolute atomic E-state index is 13.8. The van der Waals surface area contributed by atoms with E-state index in [0.717, 1.165) is 28.8 Å². The van der Waals surface area contributed by atoms with Crippen LogP contribution in [0.1, 0.15) is 61.5 Å². The fraction of sp³-hybridized carbons (Fsp3) is 0.263. The van der Waals surface area contributed by atoms with Gasteiger partial charge >= 0.3 is 6.18 Å². The van der Waals surface area contributed by atoms with Crippen LogP contribution >= 0.6 is 0 Å². The molecule has 4 rings (SSSR count). The van der Waals surface area contributed by atoms with Gasteiger partial charge in [-0.15, -0.1) is 6.58 Å². The molecule has 3 atom stereocenters. The fourth-order valence-electron chi connectivity index (χ4n) is 5.44. The number of carbonyl (C=O) groups is 2. The summed E-state index contributed by atoms with van der Waals surface area (Å²) < 4.78 is 39.4. The molecule has 0 unspecified atom stereocenters. The van der Waals surface area contributed by atoms with Crippen LogP contribution in [0.3, 0.4) is 0 Å². The molecule has 0 aliphatic carbocycles. The van der Waals surface area contributed by atoms with E-state index in [9.17, 15) is 27.9 Å². The van der Waals surface area contributed by atoms with Crippen molar-refractivity contribution in [2.24, 2.45) is 0 Å². The number of nitrogens with zero attached hydrogens (tertiary/aromatic N) is 1. The Labute approximate surface area is 273 Å². The van der Waals surface area contributed by atoms with Gasteiger partial charge < -0.3 is 20.6 Å². The number of amides is 2. The number of aliphatic hydroxyl groups is 1. The minimum atomic E-state index is -4.45. The molecular formula is C38H40F3N3O3. The van der Waals surface area contributed by atoms with E-state index >= 15 is 0 Å². The number of rotatable bonds is 14. The van der Waals surface area contributed by atoms with Crippen LogP contribution < -0.4 is 10.6 Å². The number of aliphatic hydroxyl groups excluding tert-OH is 1. The normalized spacial score (nSPS) is 13.3. The summed E-state index contributed by atoms with van der Waals surface area (Å²) in [6.07, 6.45) is -3.56. The topological polar surface area (TPSA) is 81.7 Å². The van der Waals surface area contributed by atoms with E-state index < -0.39 is 29.8 Å². The molecular weight excluding hydrogens is 603 g/mol. The minimum Gasteiger partial charge on any atom is -0.390 e. The van der Waals surface area contributed by atoms with E-state index in [4.69, 9.17) is 0 Å². The van der Waals surface area contributed by atoms with Gasteiger partial charge in [-0.2, -0.15) is 13.2 Å². The summed E-state index contributed by atoms with van der Waals surface area (Å²) in [5.41, 5.74) is 2.85. The van der Waals surface area contributed by atoms with Crippen molar-refractivity contribution in [2.45, 2.75) is 51.2 Å². The predicted octanol–water partition coefficient (Wildman–Crippen LogP) is 6.90. The summed E-state index contributed by atoms with van der Waals surface area (Å²) in [6.45, 7) is 7.98. The van der Waals surface area contributed by atoms with Crippen molar-refractivity contribution in [3.63, 3.8) is 0 Å². The average molecular weight is 644 g/mol. The van der Waals surface area contributed by atoms with Crippen molar-refractivity contribution in [2.75, 3.05) is 13.1 Å². The third kappa shape index (κ3) is 9.88. The number of hydrogen-bond acceptors (Lipinski definition) is 4. The average Bonchev–Trinajstić information content (AvgIpc) is 3.06. The molecule has 4 aromatic carbocycles. The molecule has 0 aromatic heterocycles. The Morgan fingerprint density at radius 3 is 2.19 bits per heavy atom. The van der Waals surface area contributed by atoms with Gasteiger partial charge in [0.25, 0.3) is 11.8 Å². The molecule has 0 fully saturated rings. The molecule has 3 N–H and O–H groups in total. The first-order valence-corrected chi connectivity index (χ1v) is 15.4. The molecule has 0 radical (unpaired) electrons. The fourth-order valence-corrected chi connectivity index (χ4v) is 5.44. The molecule has 47 heavy (non-hydrogen) atoms. The highest BCUT2D eigenvalue weighted by molar-refractivity contribution is 6.00. The standard InChI is InChI=1S/C38H40F3N3O3/c1-4-18-44(27(3)30-15-9-6-10-16-30)37(47)32-20-26(2)19-31(23-32)36(46)43-34(22-28-12-7-5-8-13-28)35(45)25-42-24-29-14-11-17-33(21-29)38(39,40)41/h4-17,19-21,23,27,34-35,42,45H,1,18,22,24-25H2,2-3H3,(H,43,46)/t27-,34+,35-/m1/s1. The molecule has 0 aliphatic rings. The highest BCUT2D eigenvalue weighted by Crippen LogP contribution is 2.29. The molecule has 0 spiro atoms. The Kier molecular flexibility index (Phi) is 12.1. The van der Waals surface area contributed by atoms with Crippen LogP contribution in [0.25, 0.3) is 0 Å². The molecule has 0 saturated carbocycles. The van der Waals surface area contributed by atoms with Crippen LogP contribution in [0.4, 0.5) is 13.2 Å². The van der Waals surface area contributed by atoms with Crippen LogP contribution in [0, 0.1) is 6.92 Å². The lowest BCUT2D eigenvalue weighted by Gasteiger charge is -2.29. The molecule has 0 aliphatic heterocycles. The van der Waals surface area contributed by atoms with Crippen LogP contribution in [-0.4, -0.2) is 47.1 Å². The second-order valence-corrected chi connectivity index (χ2v) is 11.6. The Hall–Kier alpha value is -4.73. The second-order valence-electron chi connectivity index (χ2n) is 11.6. The summed E-state index contributed by atoms with van der Waals surface area (Å²) in [5.74, 6) is -0.717. The van der Waals surface area contributed by atoms with Crippen LogP contribution in [0.2, 0.25) is 0 Å². The van der Waals surface area contributed by atoms with E-state index in [0.29, 0.717) is 24.1 Å². The molecule has 4 aromatic rings. The third-order valence-electron chi connectivity index (χ3n) is 7.94. The lowest BCUT2D eigenvalue weighted by atomic mass is 9.99. The van der Waals surface area contributed by atoms with Gasteiger partial charge in [-0.05, 0) is 66.8 Å². The highest BCUT2D eigenvalue weighted by Gasteiger charge is 2.30. The molecule has 0 heterocycles. The van der Waals surface area contributed by atoms with Crippen molar-refractivity contribution in [3.8, 4) is 0 Å². The molecule has 9 heteroatoms. The van der Waals surface area contributed by atoms with Crippen molar-refractivity contribution in [3.05, 3.63) is 155 Å². The molecule has 0 bridgehead atoms.